The minimum absolute atomic E-state index is 0.191. The van der Waals surface area contributed by atoms with E-state index in [1.165, 1.54) is 0 Å². The third-order valence-electron chi connectivity index (χ3n) is 3.38. The summed E-state index contributed by atoms with van der Waals surface area (Å²) in [6.07, 6.45) is 3.69. The largest absolute Gasteiger partial charge is 0.370 e. The van der Waals surface area contributed by atoms with Gasteiger partial charge in [0.2, 0.25) is 0 Å². The van der Waals surface area contributed by atoms with Crippen molar-refractivity contribution in [1.82, 2.24) is 10.6 Å². The summed E-state index contributed by atoms with van der Waals surface area (Å²) in [5.74, 6) is 1.13. The van der Waals surface area contributed by atoms with Crippen LogP contribution in [0.25, 0.3) is 6.08 Å². The van der Waals surface area contributed by atoms with Crippen molar-refractivity contribution in [3.8, 4) is 0 Å². The van der Waals surface area contributed by atoms with Crippen LogP contribution >= 0.6 is 0 Å². The van der Waals surface area contributed by atoms with E-state index in [1.54, 1.807) is 0 Å². The Balaban J connectivity index is 1.87. The van der Waals surface area contributed by atoms with Crippen LogP contribution in [0.1, 0.15) is 18.4 Å². The van der Waals surface area contributed by atoms with E-state index in [1.807, 2.05) is 36.4 Å². The Bertz CT molecular complexity index is 521. The van der Waals surface area contributed by atoms with Crippen LogP contribution in [0.3, 0.4) is 0 Å². The number of ketones is 1. The third-order valence-corrected chi connectivity index (χ3v) is 3.38. The first-order valence-electron chi connectivity index (χ1n) is 6.36. The molecule has 1 aliphatic carbocycles. The van der Waals surface area contributed by atoms with Gasteiger partial charge in [-0.2, -0.15) is 0 Å². The van der Waals surface area contributed by atoms with Crippen LogP contribution in [0, 0.1) is 0 Å². The molecule has 0 atom stereocenters. The van der Waals surface area contributed by atoms with Gasteiger partial charge in [-0.3, -0.25) is 4.79 Å². The fraction of sp³-hybridized carbons (Fsp3) is 0.267. The average Bonchev–Trinajstić information content (AvgIpc) is 3.02. The molecule has 3 heteroatoms. The van der Waals surface area contributed by atoms with Crippen LogP contribution in [0.5, 0.6) is 0 Å². The fourth-order valence-electron chi connectivity index (χ4n) is 2.46. The van der Waals surface area contributed by atoms with E-state index in [0.717, 1.165) is 48.5 Å². The Morgan fingerprint density at radius 2 is 1.72 bits per heavy atom. The maximum atomic E-state index is 12.3. The lowest BCUT2D eigenvalue weighted by molar-refractivity contribution is -0.111. The second-order valence-corrected chi connectivity index (χ2v) is 4.62. The molecule has 92 valence electrons. The Morgan fingerprint density at radius 1 is 1.00 bits per heavy atom. The molecule has 0 bridgehead atoms. The van der Waals surface area contributed by atoms with Crippen LogP contribution < -0.4 is 10.6 Å². The number of nitrogens with one attached hydrogen (secondary N) is 2. The predicted octanol–water partition coefficient (Wildman–Crippen LogP) is 1.84. The zero-order chi connectivity index (χ0) is 12.4. The van der Waals surface area contributed by atoms with Crippen molar-refractivity contribution in [2.75, 3.05) is 13.1 Å². The van der Waals surface area contributed by atoms with Gasteiger partial charge in [-0.25, -0.2) is 0 Å². The van der Waals surface area contributed by atoms with Crippen LogP contribution in [0.4, 0.5) is 0 Å². The Morgan fingerprint density at radius 3 is 2.44 bits per heavy atom. The van der Waals surface area contributed by atoms with E-state index in [4.69, 9.17) is 0 Å². The summed E-state index contributed by atoms with van der Waals surface area (Å²) in [7, 11) is 0. The van der Waals surface area contributed by atoms with Gasteiger partial charge in [0.05, 0.1) is 0 Å². The molecule has 2 aliphatic rings. The molecule has 1 aromatic rings. The third kappa shape index (κ3) is 2.04. The maximum absolute atomic E-state index is 12.3. The first-order chi connectivity index (χ1) is 8.84. The van der Waals surface area contributed by atoms with Gasteiger partial charge >= 0.3 is 0 Å². The molecule has 0 spiro atoms. The molecule has 0 radical (unpaired) electrons. The van der Waals surface area contributed by atoms with Gasteiger partial charge in [-0.05, 0) is 24.5 Å². The summed E-state index contributed by atoms with van der Waals surface area (Å²) in [4.78, 5) is 12.3. The number of rotatable bonds is 1. The number of carbonyl (C=O) groups is 1. The van der Waals surface area contributed by atoms with Gasteiger partial charge in [-0.1, -0.05) is 30.3 Å². The zero-order valence-electron chi connectivity index (χ0n) is 10.2. The molecule has 1 aliphatic heterocycles. The molecule has 0 amide bonds. The highest BCUT2D eigenvalue weighted by Crippen LogP contribution is 2.29. The van der Waals surface area contributed by atoms with Crippen LogP contribution in [-0.2, 0) is 4.79 Å². The van der Waals surface area contributed by atoms with Crippen molar-refractivity contribution in [1.29, 1.82) is 0 Å². The van der Waals surface area contributed by atoms with E-state index in [2.05, 4.69) is 10.6 Å². The van der Waals surface area contributed by atoms with Crippen molar-refractivity contribution >= 4 is 11.9 Å². The van der Waals surface area contributed by atoms with Gasteiger partial charge < -0.3 is 10.6 Å². The highest BCUT2D eigenvalue weighted by atomic mass is 16.1. The van der Waals surface area contributed by atoms with E-state index in [9.17, 15) is 4.79 Å². The van der Waals surface area contributed by atoms with Crippen molar-refractivity contribution in [2.45, 2.75) is 12.8 Å². The van der Waals surface area contributed by atoms with Gasteiger partial charge in [0.1, 0.15) is 5.82 Å². The molecule has 3 nitrogen and oxygen atoms in total. The average molecular weight is 240 g/mol. The molecule has 2 N–H and O–H groups in total. The number of hydrogen-bond acceptors (Lipinski definition) is 3. The molecule has 2 fully saturated rings. The molecule has 1 heterocycles. The van der Waals surface area contributed by atoms with Gasteiger partial charge in [0.25, 0.3) is 0 Å². The lowest BCUT2D eigenvalue weighted by Crippen LogP contribution is -2.15. The monoisotopic (exact) mass is 240 g/mol. The standard InChI is InChI=1S/C15H16N2O/c18-14-12(10-11-4-2-1-3-5-11)6-7-13(14)15-16-8-9-17-15/h1-5,10,16-17H,6-9H2/b12-10+. The van der Waals surface area contributed by atoms with Crippen molar-refractivity contribution in [2.24, 2.45) is 0 Å². The first-order valence-corrected chi connectivity index (χ1v) is 6.36. The second kappa shape index (κ2) is 4.69. The fourth-order valence-corrected chi connectivity index (χ4v) is 2.46. The summed E-state index contributed by atoms with van der Waals surface area (Å²) in [6, 6.07) is 10.0. The molecule has 0 unspecified atom stereocenters. The van der Waals surface area contributed by atoms with Crippen molar-refractivity contribution in [3.05, 3.63) is 52.9 Å². The summed E-state index contributed by atoms with van der Waals surface area (Å²) in [5, 5.41) is 6.47. The molecule has 0 aromatic heterocycles. The number of allylic oxidation sites excluding steroid dienone is 2. The number of Topliss-reactive ketones (excluding diaryl/α,β-unsaturated/α-hetero) is 1. The normalized spacial score (nSPS) is 21.3. The molecule has 1 saturated carbocycles. The summed E-state index contributed by atoms with van der Waals surface area (Å²) in [5.41, 5.74) is 2.92. The smallest absolute Gasteiger partial charge is 0.188 e. The Labute approximate surface area is 107 Å². The lowest BCUT2D eigenvalue weighted by atomic mass is 10.1. The molecule has 3 rings (SSSR count). The molecule has 18 heavy (non-hydrogen) atoms. The van der Waals surface area contributed by atoms with Crippen LogP contribution in [0.2, 0.25) is 0 Å². The Hall–Kier alpha value is -2.03. The maximum Gasteiger partial charge on any atom is 0.188 e. The molecule has 1 aromatic carbocycles. The van der Waals surface area contributed by atoms with Gasteiger partial charge in [-0.15, -0.1) is 0 Å². The second-order valence-electron chi connectivity index (χ2n) is 4.62. The summed E-state index contributed by atoms with van der Waals surface area (Å²) in [6.45, 7) is 1.81. The van der Waals surface area contributed by atoms with Crippen molar-refractivity contribution in [3.63, 3.8) is 0 Å². The summed E-state index contributed by atoms with van der Waals surface area (Å²) < 4.78 is 0. The van der Waals surface area contributed by atoms with Gasteiger partial charge in [0, 0.05) is 24.2 Å². The topological polar surface area (TPSA) is 41.1 Å². The quantitative estimate of drug-likeness (QED) is 0.736. The molecule has 1 saturated heterocycles. The number of carbonyl (C=O) groups excluding carboxylic acids is 1. The van der Waals surface area contributed by atoms with Gasteiger partial charge in [0.15, 0.2) is 5.78 Å². The highest BCUT2D eigenvalue weighted by molar-refractivity contribution is 6.13. The number of hydrogen-bond donors (Lipinski definition) is 2. The van der Waals surface area contributed by atoms with E-state index in [0.29, 0.717) is 0 Å². The highest BCUT2D eigenvalue weighted by Gasteiger charge is 2.27. The minimum atomic E-state index is 0.191. The SMILES string of the molecule is O=C1C(=C2NCCN2)CC/C1=C\c1ccccc1. The lowest BCUT2D eigenvalue weighted by Gasteiger charge is -2.03. The Kier molecular flexibility index (Phi) is 2.89. The van der Waals surface area contributed by atoms with Crippen LogP contribution in [0.15, 0.2) is 47.3 Å². The van der Waals surface area contributed by atoms with E-state index in [-0.39, 0.29) is 5.78 Å². The minimum Gasteiger partial charge on any atom is -0.370 e. The van der Waals surface area contributed by atoms with E-state index < -0.39 is 0 Å². The first kappa shape index (κ1) is 11.1. The number of benzene rings is 1. The molecular weight excluding hydrogens is 224 g/mol. The predicted molar refractivity (Wildman–Crippen MR) is 71.7 cm³/mol. The van der Waals surface area contributed by atoms with Crippen molar-refractivity contribution < 1.29 is 4.79 Å². The molecular formula is C15H16N2O. The zero-order valence-corrected chi connectivity index (χ0v) is 10.2. The van der Waals surface area contributed by atoms with Crippen LogP contribution in [-0.4, -0.2) is 18.9 Å². The summed E-state index contributed by atoms with van der Waals surface area (Å²) >= 11 is 0. The van der Waals surface area contributed by atoms with E-state index >= 15 is 0 Å².